The minimum absolute atomic E-state index is 0.726. The van der Waals surface area contributed by atoms with Gasteiger partial charge in [-0.1, -0.05) is 43.2 Å². The highest BCUT2D eigenvalue weighted by Gasteiger charge is 2.20. The van der Waals surface area contributed by atoms with Crippen LogP contribution in [0.25, 0.3) is 0 Å². The molecule has 0 aromatic heterocycles. The number of rotatable bonds is 10. The van der Waals surface area contributed by atoms with Crippen molar-refractivity contribution in [2.75, 3.05) is 19.8 Å². The normalized spacial score (nSPS) is 14.9. The van der Waals surface area contributed by atoms with Crippen LogP contribution in [0.5, 0.6) is 0 Å². The molecule has 1 aliphatic carbocycles. The van der Waals surface area contributed by atoms with Crippen molar-refractivity contribution in [3.63, 3.8) is 0 Å². The smallest absolute Gasteiger partial charge is 0.0716 e. The first kappa shape index (κ1) is 13.6. The second kappa shape index (κ2) is 8.28. The zero-order chi connectivity index (χ0) is 12.5. The molecule has 2 nitrogen and oxygen atoms in total. The Labute approximate surface area is 110 Å². The van der Waals surface area contributed by atoms with Crippen molar-refractivity contribution in [3.05, 3.63) is 35.9 Å². The fourth-order valence-electron chi connectivity index (χ4n) is 1.93. The van der Waals surface area contributed by atoms with Gasteiger partial charge in [-0.05, 0) is 30.7 Å². The Morgan fingerprint density at radius 3 is 2.33 bits per heavy atom. The maximum absolute atomic E-state index is 5.62. The van der Waals surface area contributed by atoms with E-state index >= 15 is 0 Å². The molecule has 0 amide bonds. The Balaban J connectivity index is 1.35. The van der Waals surface area contributed by atoms with Gasteiger partial charge in [-0.15, -0.1) is 0 Å². The first-order chi connectivity index (χ1) is 8.95. The highest BCUT2D eigenvalue weighted by atomic mass is 16.5. The number of unbranched alkanes of at least 4 members (excludes halogenated alkanes) is 1. The summed E-state index contributed by atoms with van der Waals surface area (Å²) in [5.74, 6) is 0.985. The van der Waals surface area contributed by atoms with Crippen LogP contribution < -0.4 is 0 Å². The number of benzene rings is 1. The van der Waals surface area contributed by atoms with Gasteiger partial charge in [0.05, 0.1) is 6.61 Å². The zero-order valence-electron chi connectivity index (χ0n) is 11.1. The average molecular weight is 248 g/mol. The summed E-state index contributed by atoms with van der Waals surface area (Å²) in [4.78, 5) is 0. The van der Waals surface area contributed by atoms with Crippen LogP contribution in [-0.2, 0) is 16.1 Å². The molecule has 2 heteroatoms. The Hall–Kier alpha value is -0.860. The van der Waals surface area contributed by atoms with Crippen molar-refractivity contribution in [2.45, 2.75) is 38.7 Å². The molecule has 1 fully saturated rings. The van der Waals surface area contributed by atoms with Crippen LogP contribution in [0.4, 0.5) is 0 Å². The van der Waals surface area contributed by atoms with E-state index in [9.17, 15) is 0 Å². The van der Waals surface area contributed by atoms with Gasteiger partial charge in [0.25, 0.3) is 0 Å². The summed E-state index contributed by atoms with van der Waals surface area (Å²) < 4.78 is 11.2. The molecule has 1 aromatic rings. The van der Waals surface area contributed by atoms with E-state index in [-0.39, 0.29) is 0 Å². The lowest BCUT2D eigenvalue weighted by atomic mass is 10.2. The monoisotopic (exact) mass is 248 g/mol. The minimum atomic E-state index is 0.726. The third-order valence-corrected chi connectivity index (χ3v) is 3.31. The van der Waals surface area contributed by atoms with Gasteiger partial charge in [-0.3, -0.25) is 0 Å². The Bertz CT molecular complexity index is 306. The lowest BCUT2D eigenvalue weighted by molar-refractivity contribution is 0.0935. The minimum Gasteiger partial charge on any atom is -0.381 e. The SMILES string of the molecule is c1ccc(COCCCCOCCC2CC2)cc1. The topological polar surface area (TPSA) is 18.5 Å². The Morgan fingerprint density at radius 2 is 1.61 bits per heavy atom. The molecule has 1 aromatic carbocycles. The van der Waals surface area contributed by atoms with E-state index < -0.39 is 0 Å². The molecule has 100 valence electrons. The Morgan fingerprint density at radius 1 is 0.889 bits per heavy atom. The van der Waals surface area contributed by atoms with Gasteiger partial charge >= 0.3 is 0 Å². The summed E-state index contributed by atoms with van der Waals surface area (Å²) in [7, 11) is 0. The summed E-state index contributed by atoms with van der Waals surface area (Å²) in [5.41, 5.74) is 1.25. The van der Waals surface area contributed by atoms with E-state index in [1.807, 2.05) is 18.2 Å². The van der Waals surface area contributed by atoms with Crippen molar-refractivity contribution < 1.29 is 9.47 Å². The maximum atomic E-state index is 5.62. The van der Waals surface area contributed by atoms with Gasteiger partial charge in [0, 0.05) is 19.8 Å². The third kappa shape index (κ3) is 6.18. The Kier molecular flexibility index (Phi) is 6.24. The second-order valence-corrected chi connectivity index (χ2v) is 5.09. The van der Waals surface area contributed by atoms with Gasteiger partial charge in [-0.25, -0.2) is 0 Å². The van der Waals surface area contributed by atoms with E-state index in [2.05, 4.69) is 12.1 Å². The molecule has 18 heavy (non-hydrogen) atoms. The van der Waals surface area contributed by atoms with Crippen molar-refractivity contribution in [3.8, 4) is 0 Å². The second-order valence-electron chi connectivity index (χ2n) is 5.09. The highest BCUT2D eigenvalue weighted by molar-refractivity contribution is 5.13. The van der Waals surface area contributed by atoms with Crippen LogP contribution in [0.2, 0.25) is 0 Å². The predicted molar refractivity (Wildman–Crippen MR) is 73.5 cm³/mol. The molecule has 0 radical (unpaired) electrons. The van der Waals surface area contributed by atoms with Crippen molar-refractivity contribution in [1.29, 1.82) is 0 Å². The first-order valence-corrected chi connectivity index (χ1v) is 7.14. The summed E-state index contributed by atoms with van der Waals surface area (Å²) >= 11 is 0. The van der Waals surface area contributed by atoms with Crippen molar-refractivity contribution in [1.82, 2.24) is 0 Å². The van der Waals surface area contributed by atoms with Gasteiger partial charge in [0.2, 0.25) is 0 Å². The van der Waals surface area contributed by atoms with Crippen molar-refractivity contribution >= 4 is 0 Å². The molecule has 0 spiro atoms. The van der Waals surface area contributed by atoms with Gasteiger partial charge in [-0.2, -0.15) is 0 Å². The van der Waals surface area contributed by atoms with E-state index in [4.69, 9.17) is 9.47 Å². The van der Waals surface area contributed by atoms with Crippen LogP contribution in [0.15, 0.2) is 30.3 Å². The molecule has 1 aliphatic rings. The fraction of sp³-hybridized carbons (Fsp3) is 0.625. The summed E-state index contributed by atoms with van der Waals surface area (Å²) in [6.45, 7) is 3.40. The summed E-state index contributed by atoms with van der Waals surface area (Å²) in [6.07, 6.45) is 6.33. The van der Waals surface area contributed by atoms with Crippen LogP contribution in [0, 0.1) is 5.92 Å². The number of hydrogen-bond acceptors (Lipinski definition) is 2. The van der Waals surface area contributed by atoms with E-state index in [1.165, 1.54) is 24.8 Å². The number of ether oxygens (including phenoxy) is 2. The molecular formula is C16H24O2. The molecule has 1 saturated carbocycles. The fourth-order valence-corrected chi connectivity index (χ4v) is 1.93. The van der Waals surface area contributed by atoms with E-state index in [0.717, 1.165) is 45.2 Å². The first-order valence-electron chi connectivity index (χ1n) is 7.14. The van der Waals surface area contributed by atoms with E-state index in [0.29, 0.717) is 0 Å². The molecule has 2 rings (SSSR count). The molecule has 0 heterocycles. The highest BCUT2D eigenvalue weighted by Crippen LogP contribution is 2.32. The molecule has 0 saturated heterocycles. The van der Waals surface area contributed by atoms with Crippen LogP contribution >= 0.6 is 0 Å². The third-order valence-electron chi connectivity index (χ3n) is 3.31. The maximum Gasteiger partial charge on any atom is 0.0716 e. The van der Waals surface area contributed by atoms with Crippen LogP contribution in [0.3, 0.4) is 0 Å². The van der Waals surface area contributed by atoms with Crippen molar-refractivity contribution in [2.24, 2.45) is 5.92 Å². The quantitative estimate of drug-likeness (QED) is 0.586. The van der Waals surface area contributed by atoms with Gasteiger partial charge < -0.3 is 9.47 Å². The molecule has 0 unspecified atom stereocenters. The van der Waals surface area contributed by atoms with Gasteiger partial charge in [0.1, 0.15) is 0 Å². The summed E-state index contributed by atoms with van der Waals surface area (Å²) in [6, 6.07) is 10.3. The summed E-state index contributed by atoms with van der Waals surface area (Å²) in [5, 5.41) is 0. The van der Waals surface area contributed by atoms with Crippen LogP contribution in [0.1, 0.15) is 37.7 Å². The standard InChI is InChI=1S/C16H24O2/c1-2-6-16(7-3-1)14-18-12-5-4-11-17-13-10-15-8-9-15/h1-3,6-7,15H,4-5,8-14H2. The predicted octanol–water partition coefficient (Wildman–Crippen LogP) is 3.80. The molecular weight excluding hydrogens is 224 g/mol. The number of hydrogen-bond donors (Lipinski definition) is 0. The van der Waals surface area contributed by atoms with E-state index in [1.54, 1.807) is 0 Å². The largest absolute Gasteiger partial charge is 0.381 e. The molecule has 0 N–H and O–H groups in total. The molecule has 0 bridgehead atoms. The molecule has 0 aliphatic heterocycles. The molecule has 0 atom stereocenters. The van der Waals surface area contributed by atoms with Crippen LogP contribution in [-0.4, -0.2) is 19.8 Å². The lowest BCUT2D eigenvalue weighted by Gasteiger charge is -2.05. The lowest BCUT2D eigenvalue weighted by Crippen LogP contribution is -2.01. The zero-order valence-corrected chi connectivity index (χ0v) is 11.1. The average Bonchev–Trinajstić information content (AvgIpc) is 3.22. The van der Waals surface area contributed by atoms with Gasteiger partial charge in [0.15, 0.2) is 0 Å².